The lowest BCUT2D eigenvalue weighted by atomic mass is 10.1. The number of nitrogens with zero attached hydrogens (tertiary/aromatic N) is 1. The normalized spacial score (nSPS) is 12.3. The average molecular weight is 578 g/mol. The molecule has 7 nitrogen and oxygen atoms in total. The third-order valence-corrected chi connectivity index (χ3v) is 8.26. The van der Waals surface area contributed by atoms with E-state index in [1.807, 2.05) is 79.7 Å². The van der Waals surface area contributed by atoms with Gasteiger partial charge in [-0.1, -0.05) is 90.5 Å². The van der Waals surface area contributed by atoms with Crippen molar-refractivity contribution in [2.75, 3.05) is 0 Å². The summed E-state index contributed by atoms with van der Waals surface area (Å²) in [5, 5.41) is 6.40. The summed E-state index contributed by atoms with van der Waals surface area (Å²) in [4.78, 5) is 13.2. The Bertz CT molecular complexity index is 1780. The number of amides is 1. The standard InChI is InChI=1S/C34H31N3O4S/c1-25-14-20-31(21-15-25)42(39,40)37-33(22-26-8-3-2-4-9-26)34(38)36-35-23-27-16-18-30(19-17-27)41-24-29-12-7-11-28-10-5-6-13-32(28)29/h2-21,23,33,37H,22,24H2,1H3,(H,36,38). The summed E-state index contributed by atoms with van der Waals surface area (Å²) in [5.41, 5.74) is 6.08. The molecule has 0 saturated heterocycles. The molecule has 0 aliphatic rings. The van der Waals surface area contributed by atoms with Crippen molar-refractivity contribution >= 4 is 32.9 Å². The number of carbonyl (C=O) groups excluding carboxylic acids is 1. The van der Waals surface area contributed by atoms with Crippen molar-refractivity contribution < 1.29 is 17.9 Å². The van der Waals surface area contributed by atoms with Crippen LogP contribution in [0.2, 0.25) is 0 Å². The molecule has 0 bridgehead atoms. The smallest absolute Gasteiger partial charge is 0.258 e. The Kier molecular flexibility index (Phi) is 9.06. The van der Waals surface area contributed by atoms with Crippen LogP contribution in [0.4, 0.5) is 0 Å². The number of carbonyl (C=O) groups is 1. The quantitative estimate of drug-likeness (QED) is 0.154. The lowest BCUT2D eigenvalue weighted by molar-refractivity contribution is -0.122. The summed E-state index contributed by atoms with van der Waals surface area (Å²) in [7, 11) is -3.94. The number of ether oxygens (including phenoxy) is 1. The molecule has 1 atom stereocenters. The molecule has 5 rings (SSSR count). The van der Waals surface area contributed by atoms with Gasteiger partial charge in [-0.25, -0.2) is 13.8 Å². The van der Waals surface area contributed by atoms with Crippen molar-refractivity contribution in [1.29, 1.82) is 0 Å². The summed E-state index contributed by atoms with van der Waals surface area (Å²) in [6.07, 6.45) is 1.66. The lowest BCUT2D eigenvalue weighted by Crippen LogP contribution is -2.46. The monoisotopic (exact) mass is 577 g/mol. The Morgan fingerprint density at radius 3 is 2.29 bits per heavy atom. The Labute approximate surface area is 245 Å². The maximum absolute atomic E-state index is 13.1. The second kappa shape index (κ2) is 13.2. The zero-order valence-electron chi connectivity index (χ0n) is 23.1. The molecule has 42 heavy (non-hydrogen) atoms. The minimum atomic E-state index is -3.94. The van der Waals surface area contributed by atoms with Crippen molar-refractivity contribution in [2.45, 2.75) is 30.9 Å². The summed E-state index contributed by atoms with van der Waals surface area (Å²) in [5.74, 6) is 0.137. The first-order chi connectivity index (χ1) is 20.4. The third-order valence-electron chi connectivity index (χ3n) is 6.77. The first-order valence-corrected chi connectivity index (χ1v) is 15.0. The van der Waals surface area contributed by atoms with Gasteiger partial charge in [0.05, 0.1) is 11.1 Å². The number of fused-ring (bicyclic) bond motifs is 1. The molecule has 0 heterocycles. The first kappa shape index (κ1) is 28.7. The summed E-state index contributed by atoms with van der Waals surface area (Å²) in [6.45, 7) is 2.31. The zero-order valence-corrected chi connectivity index (χ0v) is 23.9. The van der Waals surface area contributed by atoms with Gasteiger partial charge in [-0.15, -0.1) is 0 Å². The van der Waals surface area contributed by atoms with Gasteiger partial charge < -0.3 is 4.74 Å². The molecule has 2 N–H and O–H groups in total. The van der Waals surface area contributed by atoms with Crippen LogP contribution in [0.15, 0.2) is 131 Å². The molecule has 212 valence electrons. The number of benzene rings is 5. The predicted octanol–water partition coefficient (Wildman–Crippen LogP) is 5.77. The van der Waals surface area contributed by atoms with Crippen molar-refractivity contribution in [3.63, 3.8) is 0 Å². The van der Waals surface area contributed by atoms with E-state index in [-0.39, 0.29) is 11.3 Å². The highest BCUT2D eigenvalue weighted by Crippen LogP contribution is 2.21. The second-order valence-electron chi connectivity index (χ2n) is 9.91. The minimum Gasteiger partial charge on any atom is -0.489 e. The molecule has 0 aliphatic carbocycles. The second-order valence-corrected chi connectivity index (χ2v) is 11.6. The molecule has 0 saturated carbocycles. The van der Waals surface area contributed by atoms with Crippen LogP contribution in [0.25, 0.3) is 10.8 Å². The van der Waals surface area contributed by atoms with Crippen LogP contribution < -0.4 is 14.9 Å². The van der Waals surface area contributed by atoms with Crippen LogP contribution in [0.3, 0.4) is 0 Å². The molecule has 0 fully saturated rings. The number of nitrogens with one attached hydrogen (secondary N) is 2. The average Bonchev–Trinajstić information content (AvgIpc) is 3.01. The third kappa shape index (κ3) is 7.48. The van der Waals surface area contributed by atoms with Crippen molar-refractivity contribution in [2.24, 2.45) is 5.10 Å². The van der Waals surface area contributed by atoms with Crippen molar-refractivity contribution in [3.05, 3.63) is 144 Å². The molecule has 5 aromatic rings. The van der Waals surface area contributed by atoms with Crippen molar-refractivity contribution in [1.82, 2.24) is 10.1 Å². The topological polar surface area (TPSA) is 96.9 Å². The largest absolute Gasteiger partial charge is 0.489 e. The molecule has 0 aliphatic heterocycles. The summed E-state index contributed by atoms with van der Waals surface area (Å²) < 4.78 is 34.6. The van der Waals surface area contributed by atoms with Gasteiger partial charge in [0, 0.05) is 0 Å². The van der Waals surface area contributed by atoms with Crippen LogP contribution in [-0.4, -0.2) is 26.6 Å². The van der Waals surface area contributed by atoms with Crippen LogP contribution in [0.5, 0.6) is 5.75 Å². The fourth-order valence-electron chi connectivity index (χ4n) is 4.49. The van der Waals surface area contributed by atoms with E-state index in [1.165, 1.54) is 23.7 Å². The molecular weight excluding hydrogens is 546 g/mol. The maximum atomic E-state index is 13.1. The molecular formula is C34H31N3O4S. The van der Waals surface area contributed by atoms with E-state index in [2.05, 4.69) is 39.5 Å². The molecule has 0 spiro atoms. The van der Waals surface area contributed by atoms with Gasteiger partial charge in [0.25, 0.3) is 5.91 Å². The Hall–Kier alpha value is -4.79. The van der Waals surface area contributed by atoms with Crippen LogP contribution in [-0.2, 0) is 27.8 Å². The predicted molar refractivity (Wildman–Crippen MR) is 166 cm³/mol. The van der Waals surface area contributed by atoms with Crippen LogP contribution >= 0.6 is 0 Å². The molecule has 0 radical (unpaired) electrons. The van der Waals surface area contributed by atoms with Gasteiger partial charge in [-0.3, -0.25) is 4.79 Å². The number of aryl methyl sites for hydroxylation is 1. The number of sulfonamides is 1. The summed E-state index contributed by atoms with van der Waals surface area (Å²) in [6, 6.07) is 36.3. The highest BCUT2D eigenvalue weighted by Gasteiger charge is 2.26. The van der Waals surface area contributed by atoms with E-state index in [4.69, 9.17) is 4.74 Å². The van der Waals surface area contributed by atoms with Gasteiger partial charge in [-0.2, -0.15) is 9.82 Å². The van der Waals surface area contributed by atoms with Gasteiger partial charge in [0.1, 0.15) is 18.4 Å². The van der Waals surface area contributed by atoms with E-state index in [0.717, 1.165) is 27.6 Å². The molecule has 0 aromatic heterocycles. The Morgan fingerprint density at radius 1 is 0.833 bits per heavy atom. The van der Waals surface area contributed by atoms with Crippen molar-refractivity contribution in [3.8, 4) is 5.75 Å². The SMILES string of the molecule is Cc1ccc(S(=O)(=O)NC(Cc2ccccc2)C(=O)NN=Cc2ccc(OCc3cccc4ccccc34)cc2)cc1. The highest BCUT2D eigenvalue weighted by atomic mass is 32.2. The highest BCUT2D eigenvalue weighted by molar-refractivity contribution is 7.89. The van der Waals surface area contributed by atoms with E-state index >= 15 is 0 Å². The van der Waals surface area contributed by atoms with Gasteiger partial charge in [-0.05, 0) is 77.2 Å². The molecule has 1 amide bonds. The van der Waals surface area contributed by atoms with Gasteiger partial charge in [0.15, 0.2) is 0 Å². The van der Waals surface area contributed by atoms with Crippen LogP contribution in [0, 0.1) is 6.92 Å². The molecule has 5 aromatic carbocycles. The lowest BCUT2D eigenvalue weighted by Gasteiger charge is -2.17. The summed E-state index contributed by atoms with van der Waals surface area (Å²) >= 11 is 0. The van der Waals surface area contributed by atoms with E-state index in [0.29, 0.717) is 12.4 Å². The van der Waals surface area contributed by atoms with Gasteiger partial charge in [0.2, 0.25) is 10.0 Å². The number of hydrogen-bond donors (Lipinski definition) is 2. The van der Waals surface area contributed by atoms with E-state index < -0.39 is 22.0 Å². The first-order valence-electron chi connectivity index (χ1n) is 13.5. The molecule has 8 heteroatoms. The Balaban J connectivity index is 1.22. The fraction of sp³-hybridized carbons (Fsp3) is 0.118. The fourth-order valence-corrected chi connectivity index (χ4v) is 5.68. The van der Waals surface area contributed by atoms with E-state index in [9.17, 15) is 13.2 Å². The molecule has 1 unspecified atom stereocenters. The number of rotatable bonds is 11. The van der Waals surface area contributed by atoms with E-state index in [1.54, 1.807) is 12.1 Å². The zero-order chi connectivity index (χ0) is 29.4. The minimum absolute atomic E-state index is 0.0882. The maximum Gasteiger partial charge on any atom is 0.258 e. The number of hydrogen-bond acceptors (Lipinski definition) is 5. The Morgan fingerprint density at radius 2 is 1.52 bits per heavy atom. The van der Waals surface area contributed by atoms with Crippen LogP contribution in [0.1, 0.15) is 22.3 Å². The van der Waals surface area contributed by atoms with Gasteiger partial charge >= 0.3 is 0 Å². The number of hydrazone groups is 1.